The number of nitrogens with one attached hydrogen (secondary N) is 1. The largest absolute Gasteiger partial charge is 0.359 e. The number of aliphatic imine (C=N–C) groups is 1. The molecule has 1 N–H and O–H groups in total. The lowest BCUT2D eigenvalue weighted by Gasteiger charge is -2.28. The highest BCUT2D eigenvalue weighted by molar-refractivity contribution is 5.97. The fourth-order valence-electron chi connectivity index (χ4n) is 2.94. The van der Waals surface area contributed by atoms with Crippen molar-refractivity contribution in [2.45, 2.75) is 32.4 Å². The molecular formula is C18H21N3O. The number of hydrogen-bond acceptors (Lipinski definition) is 3. The Labute approximate surface area is 131 Å². The third-order valence-corrected chi connectivity index (χ3v) is 4.19. The predicted molar refractivity (Wildman–Crippen MR) is 88.6 cm³/mol. The number of carbonyl (C=O) groups excluding carboxylic acids is 1. The summed E-state index contributed by atoms with van der Waals surface area (Å²) in [5.41, 5.74) is 3.55. The summed E-state index contributed by atoms with van der Waals surface area (Å²) < 4.78 is 0. The summed E-state index contributed by atoms with van der Waals surface area (Å²) in [6, 6.07) is 8.43. The molecule has 0 radical (unpaired) electrons. The average Bonchev–Trinajstić information content (AvgIpc) is 2.86. The van der Waals surface area contributed by atoms with Crippen LogP contribution in [0, 0.1) is 6.92 Å². The molecule has 2 aliphatic heterocycles. The Bertz CT molecular complexity index is 670. The second-order valence-electron chi connectivity index (χ2n) is 5.90. The smallest absolute Gasteiger partial charge is 0.221 e. The van der Waals surface area contributed by atoms with Crippen molar-refractivity contribution in [3.8, 4) is 0 Å². The number of carbonyl (C=O) groups is 1. The van der Waals surface area contributed by atoms with E-state index in [1.807, 2.05) is 6.08 Å². The first-order chi connectivity index (χ1) is 10.6. The van der Waals surface area contributed by atoms with E-state index in [4.69, 9.17) is 4.99 Å². The van der Waals surface area contributed by atoms with Gasteiger partial charge in [-0.1, -0.05) is 35.9 Å². The average molecular weight is 295 g/mol. The Morgan fingerprint density at radius 2 is 1.95 bits per heavy atom. The molecule has 0 aromatic heterocycles. The summed E-state index contributed by atoms with van der Waals surface area (Å²) in [5, 5.41) is 2.72. The van der Waals surface area contributed by atoms with Gasteiger partial charge in [-0.25, -0.2) is 0 Å². The standard InChI is InChI=1S/C18H21N3O/c1-12-4-7-14(8-5-12)18-15(10-17(22)19-3)21-11-13(2)6-9-16(21)20-18/h4-9,11,15,18H,10H2,1-3H3,(H,19,22). The van der Waals surface area contributed by atoms with Crippen molar-refractivity contribution in [1.82, 2.24) is 10.2 Å². The molecule has 0 aliphatic carbocycles. The van der Waals surface area contributed by atoms with Crippen LogP contribution in [0.2, 0.25) is 0 Å². The second kappa shape index (κ2) is 5.79. The fraction of sp³-hybridized carbons (Fsp3) is 0.333. The third-order valence-electron chi connectivity index (χ3n) is 4.19. The van der Waals surface area contributed by atoms with E-state index in [-0.39, 0.29) is 18.0 Å². The van der Waals surface area contributed by atoms with Crippen molar-refractivity contribution in [2.24, 2.45) is 4.99 Å². The van der Waals surface area contributed by atoms with Crippen LogP contribution in [-0.4, -0.2) is 29.7 Å². The summed E-state index contributed by atoms with van der Waals surface area (Å²) in [7, 11) is 1.68. The van der Waals surface area contributed by atoms with E-state index < -0.39 is 0 Å². The van der Waals surface area contributed by atoms with Gasteiger partial charge < -0.3 is 10.2 Å². The quantitative estimate of drug-likeness (QED) is 0.932. The lowest BCUT2D eigenvalue weighted by atomic mass is 9.96. The van der Waals surface area contributed by atoms with Crippen molar-refractivity contribution in [1.29, 1.82) is 0 Å². The summed E-state index contributed by atoms with van der Waals surface area (Å²) in [4.78, 5) is 18.9. The minimum absolute atomic E-state index is 0.0142. The Hall–Kier alpha value is -2.36. The highest BCUT2D eigenvalue weighted by Crippen LogP contribution is 2.35. The van der Waals surface area contributed by atoms with Crippen LogP contribution in [0.5, 0.6) is 0 Å². The highest BCUT2D eigenvalue weighted by Gasteiger charge is 2.37. The summed E-state index contributed by atoms with van der Waals surface area (Å²) in [6.07, 6.45) is 6.60. The molecule has 1 aromatic rings. The van der Waals surface area contributed by atoms with Gasteiger partial charge in [-0.05, 0) is 31.1 Å². The first kappa shape index (κ1) is 14.6. The van der Waals surface area contributed by atoms with E-state index in [0.29, 0.717) is 6.42 Å². The molecule has 3 rings (SSSR count). The van der Waals surface area contributed by atoms with Gasteiger partial charge in [0.1, 0.15) is 5.84 Å². The SMILES string of the molecule is CNC(=O)CC1C(c2ccc(C)cc2)N=C2C=CC(C)=CN21. The summed E-state index contributed by atoms with van der Waals surface area (Å²) >= 11 is 0. The topological polar surface area (TPSA) is 44.7 Å². The van der Waals surface area contributed by atoms with Gasteiger partial charge in [-0.2, -0.15) is 0 Å². The number of nitrogens with zero attached hydrogens (tertiary/aromatic N) is 2. The molecule has 4 nitrogen and oxygen atoms in total. The maximum atomic E-state index is 11.9. The minimum Gasteiger partial charge on any atom is -0.359 e. The van der Waals surface area contributed by atoms with Gasteiger partial charge in [0.2, 0.25) is 5.91 Å². The van der Waals surface area contributed by atoms with Crippen LogP contribution < -0.4 is 5.32 Å². The number of allylic oxidation sites excluding steroid dienone is 2. The fourth-order valence-corrected chi connectivity index (χ4v) is 2.94. The molecule has 114 valence electrons. The molecule has 1 amide bonds. The zero-order valence-electron chi connectivity index (χ0n) is 13.2. The molecule has 0 fully saturated rings. The number of aryl methyl sites for hydroxylation is 1. The van der Waals surface area contributed by atoms with Crippen LogP contribution in [-0.2, 0) is 4.79 Å². The van der Waals surface area contributed by atoms with E-state index in [1.54, 1.807) is 7.05 Å². The number of benzene rings is 1. The van der Waals surface area contributed by atoms with Crippen molar-refractivity contribution in [3.05, 3.63) is 59.3 Å². The van der Waals surface area contributed by atoms with Crippen LogP contribution >= 0.6 is 0 Å². The van der Waals surface area contributed by atoms with Gasteiger partial charge in [0, 0.05) is 19.7 Å². The van der Waals surface area contributed by atoms with Gasteiger partial charge in [-0.3, -0.25) is 9.79 Å². The number of fused-ring (bicyclic) bond motifs is 1. The van der Waals surface area contributed by atoms with Crippen molar-refractivity contribution < 1.29 is 4.79 Å². The molecule has 2 unspecified atom stereocenters. The van der Waals surface area contributed by atoms with Gasteiger partial charge in [0.15, 0.2) is 0 Å². The molecule has 2 atom stereocenters. The maximum absolute atomic E-state index is 11.9. The molecule has 0 spiro atoms. The number of amides is 1. The van der Waals surface area contributed by atoms with E-state index in [1.165, 1.54) is 11.1 Å². The second-order valence-corrected chi connectivity index (χ2v) is 5.90. The number of hydrogen-bond donors (Lipinski definition) is 1. The van der Waals surface area contributed by atoms with E-state index in [0.717, 1.165) is 11.4 Å². The maximum Gasteiger partial charge on any atom is 0.221 e. The minimum atomic E-state index is -0.0142. The Morgan fingerprint density at radius 1 is 1.23 bits per heavy atom. The summed E-state index contributed by atoms with van der Waals surface area (Å²) in [6.45, 7) is 4.13. The van der Waals surface area contributed by atoms with Crippen LogP contribution in [0.1, 0.15) is 30.5 Å². The van der Waals surface area contributed by atoms with Crippen LogP contribution in [0.3, 0.4) is 0 Å². The van der Waals surface area contributed by atoms with Gasteiger partial charge in [0.25, 0.3) is 0 Å². The van der Waals surface area contributed by atoms with Gasteiger partial charge in [-0.15, -0.1) is 0 Å². The molecule has 4 heteroatoms. The number of amidine groups is 1. The molecule has 2 heterocycles. The Kier molecular flexibility index (Phi) is 3.84. The van der Waals surface area contributed by atoms with Gasteiger partial charge >= 0.3 is 0 Å². The highest BCUT2D eigenvalue weighted by atomic mass is 16.1. The molecule has 2 aliphatic rings. The van der Waals surface area contributed by atoms with Crippen LogP contribution in [0.25, 0.3) is 0 Å². The van der Waals surface area contributed by atoms with E-state index >= 15 is 0 Å². The van der Waals surface area contributed by atoms with E-state index in [9.17, 15) is 4.79 Å². The number of rotatable bonds is 3. The molecule has 1 aromatic carbocycles. The predicted octanol–water partition coefficient (Wildman–Crippen LogP) is 2.73. The first-order valence-corrected chi connectivity index (χ1v) is 7.58. The Morgan fingerprint density at radius 3 is 2.64 bits per heavy atom. The third kappa shape index (κ3) is 2.69. The van der Waals surface area contributed by atoms with Crippen LogP contribution in [0.15, 0.2) is 53.2 Å². The summed E-state index contributed by atoms with van der Waals surface area (Å²) in [5.74, 6) is 0.976. The molecular weight excluding hydrogens is 274 g/mol. The normalized spacial score (nSPS) is 23.0. The zero-order valence-corrected chi connectivity index (χ0v) is 13.2. The molecule has 22 heavy (non-hydrogen) atoms. The van der Waals surface area contributed by atoms with Crippen molar-refractivity contribution >= 4 is 11.7 Å². The lowest BCUT2D eigenvalue weighted by Crippen LogP contribution is -2.37. The molecule has 0 saturated carbocycles. The van der Waals surface area contributed by atoms with E-state index in [2.05, 4.69) is 60.6 Å². The monoisotopic (exact) mass is 295 g/mol. The zero-order chi connectivity index (χ0) is 15.7. The lowest BCUT2D eigenvalue weighted by molar-refractivity contribution is -0.121. The van der Waals surface area contributed by atoms with Crippen LogP contribution in [0.4, 0.5) is 0 Å². The van der Waals surface area contributed by atoms with Crippen molar-refractivity contribution in [3.63, 3.8) is 0 Å². The Balaban J connectivity index is 1.96. The first-order valence-electron chi connectivity index (χ1n) is 7.58. The molecule has 0 saturated heterocycles. The van der Waals surface area contributed by atoms with Gasteiger partial charge in [0.05, 0.1) is 12.1 Å². The molecule has 0 bridgehead atoms. The van der Waals surface area contributed by atoms with Crippen molar-refractivity contribution in [2.75, 3.05) is 7.05 Å².